The number of carbonyl (C=O) groups is 1. The first-order valence-electron chi connectivity index (χ1n) is 5.86. The van der Waals surface area contributed by atoms with Crippen molar-refractivity contribution in [2.75, 3.05) is 5.32 Å². The zero-order valence-electron chi connectivity index (χ0n) is 10.5. The summed E-state index contributed by atoms with van der Waals surface area (Å²) in [5.74, 6) is -0.501. The van der Waals surface area contributed by atoms with E-state index in [-0.39, 0.29) is 17.3 Å². The molecule has 1 amide bonds. The number of hydrogen-bond acceptors (Lipinski definition) is 5. The molecule has 0 spiro atoms. The Morgan fingerprint density at radius 3 is 2.75 bits per heavy atom. The minimum atomic E-state index is -0.501. The van der Waals surface area contributed by atoms with Gasteiger partial charge in [-0.05, 0) is 13.0 Å². The summed E-state index contributed by atoms with van der Waals surface area (Å²) in [6, 6.07) is 6.83. The van der Waals surface area contributed by atoms with Gasteiger partial charge in [0.15, 0.2) is 5.69 Å². The van der Waals surface area contributed by atoms with E-state index in [0.717, 1.165) is 0 Å². The van der Waals surface area contributed by atoms with Crippen molar-refractivity contribution in [3.8, 4) is 0 Å². The maximum absolute atomic E-state index is 12.2. The van der Waals surface area contributed by atoms with E-state index < -0.39 is 5.91 Å². The van der Waals surface area contributed by atoms with Crippen molar-refractivity contribution in [3.63, 3.8) is 0 Å². The molecule has 2 heterocycles. The number of amides is 1. The zero-order chi connectivity index (χ0) is 14.1. The van der Waals surface area contributed by atoms with Gasteiger partial charge in [-0.1, -0.05) is 18.2 Å². The lowest BCUT2D eigenvalue weighted by atomic mass is 10.1. The molecule has 0 saturated carbocycles. The van der Waals surface area contributed by atoms with E-state index in [4.69, 9.17) is 4.42 Å². The quantitative estimate of drug-likeness (QED) is 0.734. The first kappa shape index (κ1) is 12.1. The average molecular weight is 270 g/mol. The van der Waals surface area contributed by atoms with Crippen molar-refractivity contribution in [1.29, 1.82) is 0 Å². The molecule has 0 aliphatic rings. The van der Waals surface area contributed by atoms with E-state index in [1.807, 2.05) is 0 Å². The fourth-order valence-electron chi connectivity index (χ4n) is 1.86. The number of carbonyl (C=O) groups excluding carboxylic acids is 1. The third-order valence-corrected chi connectivity index (χ3v) is 2.75. The standard InChI is InChI=1S/C13H10N4O3/c1-7-6-20-13(14-7)15-12(19)10-8-4-2-3-5-9(8)11(18)17-16-10/h2-6H,1H3,(H,17,18)(H,14,15,19). The molecular weight excluding hydrogens is 260 g/mol. The van der Waals surface area contributed by atoms with Gasteiger partial charge in [0.25, 0.3) is 11.5 Å². The van der Waals surface area contributed by atoms with E-state index in [1.165, 1.54) is 6.26 Å². The highest BCUT2D eigenvalue weighted by Gasteiger charge is 2.15. The van der Waals surface area contributed by atoms with Gasteiger partial charge in [0.2, 0.25) is 0 Å². The van der Waals surface area contributed by atoms with E-state index in [0.29, 0.717) is 16.5 Å². The Balaban J connectivity index is 2.04. The molecule has 2 aromatic heterocycles. The highest BCUT2D eigenvalue weighted by atomic mass is 16.4. The van der Waals surface area contributed by atoms with Crippen LogP contribution in [0, 0.1) is 6.92 Å². The summed E-state index contributed by atoms with van der Waals surface area (Å²) < 4.78 is 5.05. The number of rotatable bonds is 2. The number of aromatic nitrogens is 3. The van der Waals surface area contributed by atoms with Gasteiger partial charge in [0.1, 0.15) is 6.26 Å². The Kier molecular flexibility index (Phi) is 2.79. The third kappa shape index (κ3) is 2.05. The van der Waals surface area contributed by atoms with Crippen molar-refractivity contribution >= 4 is 22.7 Å². The van der Waals surface area contributed by atoms with Crippen LogP contribution < -0.4 is 10.9 Å². The summed E-state index contributed by atoms with van der Waals surface area (Å²) in [7, 11) is 0. The van der Waals surface area contributed by atoms with Crippen LogP contribution in [0.1, 0.15) is 16.2 Å². The van der Waals surface area contributed by atoms with Crippen molar-refractivity contribution in [2.45, 2.75) is 6.92 Å². The number of nitrogens with one attached hydrogen (secondary N) is 2. The molecule has 100 valence electrons. The number of fused-ring (bicyclic) bond motifs is 1. The smallest absolute Gasteiger partial charge is 0.301 e. The number of aryl methyl sites for hydroxylation is 1. The van der Waals surface area contributed by atoms with Crippen LogP contribution in [0.5, 0.6) is 0 Å². The van der Waals surface area contributed by atoms with E-state index in [1.54, 1.807) is 31.2 Å². The lowest BCUT2D eigenvalue weighted by Crippen LogP contribution is -2.19. The number of oxazole rings is 1. The van der Waals surface area contributed by atoms with Gasteiger partial charge < -0.3 is 4.42 Å². The van der Waals surface area contributed by atoms with Gasteiger partial charge >= 0.3 is 6.01 Å². The number of anilines is 1. The summed E-state index contributed by atoms with van der Waals surface area (Å²) in [6.07, 6.45) is 1.42. The Morgan fingerprint density at radius 2 is 2.05 bits per heavy atom. The molecule has 2 N–H and O–H groups in total. The highest BCUT2D eigenvalue weighted by Crippen LogP contribution is 2.14. The first-order valence-corrected chi connectivity index (χ1v) is 5.86. The maximum atomic E-state index is 12.2. The molecule has 0 bridgehead atoms. The summed E-state index contributed by atoms with van der Waals surface area (Å²) in [5, 5.41) is 9.45. The molecule has 0 aliphatic carbocycles. The minimum absolute atomic E-state index is 0.0876. The van der Waals surface area contributed by atoms with Gasteiger partial charge in [-0.3, -0.25) is 14.9 Å². The first-order chi connectivity index (χ1) is 9.65. The Bertz CT molecular complexity index is 850. The Labute approximate surface area is 112 Å². The molecule has 0 saturated heterocycles. The van der Waals surface area contributed by atoms with E-state index in [2.05, 4.69) is 20.5 Å². The van der Waals surface area contributed by atoms with Crippen LogP contribution in [0.2, 0.25) is 0 Å². The molecule has 0 radical (unpaired) electrons. The molecule has 3 rings (SSSR count). The van der Waals surface area contributed by atoms with Crippen LogP contribution in [0.4, 0.5) is 6.01 Å². The predicted octanol–water partition coefficient (Wildman–Crippen LogP) is 1.47. The molecule has 7 nitrogen and oxygen atoms in total. The second-order valence-corrected chi connectivity index (χ2v) is 4.20. The lowest BCUT2D eigenvalue weighted by Gasteiger charge is -2.03. The number of aromatic amines is 1. The van der Waals surface area contributed by atoms with Crippen LogP contribution in [-0.4, -0.2) is 21.1 Å². The normalized spacial score (nSPS) is 10.7. The monoisotopic (exact) mass is 270 g/mol. The number of benzene rings is 1. The fourth-order valence-corrected chi connectivity index (χ4v) is 1.86. The predicted molar refractivity (Wildman–Crippen MR) is 71.6 cm³/mol. The Morgan fingerprint density at radius 1 is 1.30 bits per heavy atom. The van der Waals surface area contributed by atoms with Gasteiger partial charge in [-0.2, -0.15) is 10.1 Å². The second kappa shape index (κ2) is 4.61. The van der Waals surface area contributed by atoms with Gasteiger partial charge in [0.05, 0.1) is 11.1 Å². The molecule has 0 unspecified atom stereocenters. The molecule has 20 heavy (non-hydrogen) atoms. The summed E-state index contributed by atoms with van der Waals surface area (Å²) >= 11 is 0. The summed E-state index contributed by atoms with van der Waals surface area (Å²) in [5.41, 5.74) is 0.416. The highest BCUT2D eigenvalue weighted by molar-refractivity contribution is 6.10. The van der Waals surface area contributed by atoms with Crippen LogP contribution >= 0.6 is 0 Å². The maximum Gasteiger partial charge on any atom is 0.301 e. The molecular formula is C13H10N4O3. The van der Waals surface area contributed by atoms with E-state index >= 15 is 0 Å². The van der Waals surface area contributed by atoms with Crippen LogP contribution in [0.3, 0.4) is 0 Å². The molecule has 7 heteroatoms. The molecule has 0 fully saturated rings. The topological polar surface area (TPSA) is 101 Å². The van der Waals surface area contributed by atoms with Crippen molar-refractivity contribution in [1.82, 2.24) is 15.2 Å². The minimum Gasteiger partial charge on any atom is -0.432 e. The number of nitrogens with zero attached hydrogens (tertiary/aromatic N) is 2. The van der Waals surface area contributed by atoms with Crippen molar-refractivity contribution in [2.24, 2.45) is 0 Å². The molecule has 1 aromatic carbocycles. The zero-order valence-corrected chi connectivity index (χ0v) is 10.5. The lowest BCUT2D eigenvalue weighted by molar-refractivity contribution is 0.102. The number of hydrogen-bond donors (Lipinski definition) is 2. The largest absolute Gasteiger partial charge is 0.432 e. The van der Waals surface area contributed by atoms with E-state index in [9.17, 15) is 9.59 Å². The van der Waals surface area contributed by atoms with Gasteiger partial charge in [-0.15, -0.1) is 0 Å². The summed E-state index contributed by atoms with van der Waals surface area (Å²) in [4.78, 5) is 27.8. The Hall–Kier alpha value is -2.96. The van der Waals surface area contributed by atoms with Gasteiger partial charge in [0, 0.05) is 5.39 Å². The molecule has 3 aromatic rings. The fraction of sp³-hybridized carbons (Fsp3) is 0.0769. The van der Waals surface area contributed by atoms with Crippen molar-refractivity contribution in [3.05, 3.63) is 52.3 Å². The van der Waals surface area contributed by atoms with Gasteiger partial charge in [-0.25, -0.2) is 5.10 Å². The molecule has 0 aliphatic heterocycles. The number of H-pyrrole nitrogens is 1. The third-order valence-electron chi connectivity index (χ3n) is 2.75. The van der Waals surface area contributed by atoms with Crippen molar-refractivity contribution < 1.29 is 9.21 Å². The van der Waals surface area contributed by atoms with Crippen LogP contribution in [0.15, 0.2) is 39.7 Å². The summed E-state index contributed by atoms with van der Waals surface area (Å²) in [6.45, 7) is 1.74. The van der Waals surface area contributed by atoms with Crippen LogP contribution in [0.25, 0.3) is 10.8 Å². The molecule has 0 atom stereocenters. The van der Waals surface area contributed by atoms with Crippen LogP contribution in [-0.2, 0) is 0 Å². The SMILES string of the molecule is Cc1coc(NC(=O)c2n[nH]c(=O)c3ccccc23)n1. The second-order valence-electron chi connectivity index (χ2n) is 4.20. The average Bonchev–Trinajstić information content (AvgIpc) is 2.84.